The number of halogens is 4. The first-order valence-corrected chi connectivity index (χ1v) is 5.95. The summed E-state index contributed by atoms with van der Waals surface area (Å²) in [7, 11) is 0. The van der Waals surface area contributed by atoms with E-state index in [-0.39, 0.29) is 25.7 Å². The number of aromatic carboxylic acids is 1. The van der Waals surface area contributed by atoms with Gasteiger partial charge in [0.15, 0.2) is 0 Å². The molecule has 70 valence electrons. The van der Waals surface area contributed by atoms with E-state index in [1.165, 1.54) is 0 Å². The molecule has 7 heteroatoms. The van der Waals surface area contributed by atoms with Crippen LogP contribution in [0.15, 0.2) is 0 Å². The van der Waals surface area contributed by atoms with Crippen molar-refractivity contribution in [2.45, 2.75) is 0 Å². The Kier molecular flexibility index (Phi) is 4.42. The van der Waals surface area contributed by atoms with Gasteiger partial charge in [0.05, 0.1) is 0 Å². The van der Waals surface area contributed by atoms with Crippen LogP contribution in [0.3, 0.4) is 0 Å². The van der Waals surface area contributed by atoms with Gasteiger partial charge >= 0.3 is 119 Å². The fourth-order valence-electron chi connectivity index (χ4n) is 0.996. The van der Waals surface area contributed by atoms with E-state index in [4.69, 9.17) is 51.5 Å². The molecular formula is C7HCl4NaO2. The zero-order chi connectivity index (χ0) is 11.0. The number of benzene rings is 1. The van der Waals surface area contributed by atoms with Crippen molar-refractivity contribution in [3.05, 3.63) is 25.7 Å². The number of carboxylic acid groups (broad SMARTS) is 1. The Balaban J connectivity index is 3.68. The van der Waals surface area contributed by atoms with E-state index >= 15 is 0 Å². The molecule has 0 radical (unpaired) electrons. The van der Waals surface area contributed by atoms with Crippen LogP contribution in [0, 0.1) is 0 Å². The molecule has 2 nitrogen and oxygen atoms in total. The number of hydrogen-bond acceptors (Lipinski definition) is 1. The average molecular weight is 282 g/mol. The second kappa shape index (κ2) is 4.79. The van der Waals surface area contributed by atoms with Crippen molar-refractivity contribution in [3.8, 4) is 0 Å². The summed E-state index contributed by atoms with van der Waals surface area (Å²) in [5, 5.41) is 9.06. The molecule has 1 aromatic rings. The van der Waals surface area contributed by atoms with Gasteiger partial charge in [-0.3, -0.25) is 0 Å². The van der Waals surface area contributed by atoms with Gasteiger partial charge in [0.25, 0.3) is 0 Å². The first-order chi connectivity index (χ1) is 6.37. The predicted octanol–water partition coefficient (Wildman–Crippen LogP) is 2.79. The van der Waals surface area contributed by atoms with Crippen LogP contribution < -0.4 is 2.81 Å². The Morgan fingerprint density at radius 3 is 1.86 bits per heavy atom. The van der Waals surface area contributed by atoms with E-state index < -0.39 is 5.97 Å². The van der Waals surface area contributed by atoms with Crippen LogP contribution in [0.2, 0.25) is 20.1 Å². The van der Waals surface area contributed by atoms with Crippen LogP contribution in [0.1, 0.15) is 10.4 Å². The average Bonchev–Trinajstić information content (AvgIpc) is 2.11. The molecule has 0 heterocycles. The molecule has 1 rings (SSSR count). The fourth-order valence-corrected chi connectivity index (χ4v) is 3.05. The van der Waals surface area contributed by atoms with Crippen molar-refractivity contribution in [2.75, 3.05) is 0 Å². The van der Waals surface area contributed by atoms with E-state index in [1.54, 1.807) is 0 Å². The molecule has 0 saturated carbocycles. The Bertz CT molecular complexity index is 390. The van der Waals surface area contributed by atoms with Gasteiger partial charge in [0.1, 0.15) is 0 Å². The van der Waals surface area contributed by atoms with Crippen molar-refractivity contribution >= 4 is 83.1 Å². The summed E-state index contributed by atoms with van der Waals surface area (Å²) in [6.45, 7) is 0. The molecule has 14 heavy (non-hydrogen) atoms. The third-order valence-corrected chi connectivity index (χ3v) is 4.93. The molecule has 0 aliphatic carbocycles. The van der Waals surface area contributed by atoms with E-state index in [2.05, 4.69) is 0 Å². The molecule has 0 unspecified atom stereocenters. The van der Waals surface area contributed by atoms with Gasteiger partial charge in [-0.2, -0.15) is 0 Å². The monoisotopic (exact) mass is 280 g/mol. The molecule has 0 aliphatic heterocycles. The molecule has 0 spiro atoms. The Hall–Kier alpha value is 0.850. The minimum absolute atomic E-state index is 0.0182. The van der Waals surface area contributed by atoms with Gasteiger partial charge in [-0.05, 0) is 0 Å². The second-order valence-electron chi connectivity index (χ2n) is 2.56. The summed E-state index contributed by atoms with van der Waals surface area (Å²) in [6, 6.07) is 0. The maximum atomic E-state index is 10.8. The van der Waals surface area contributed by atoms with Crippen molar-refractivity contribution < 1.29 is 9.90 Å². The summed E-state index contributed by atoms with van der Waals surface area (Å²) in [5.41, 5.74) is -0.0577. The molecule has 0 bridgehead atoms. The van der Waals surface area contributed by atoms with Crippen LogP contribution in [0.5, 0.6) is 0 Å². The SMILES string of the molecule is O=C(O)c1[c]([Na])c(Cl)c(Cl)c(Cl)c1Cl. The molecule has 0 amide bonds. The molecule has 1 aromatic carbocycles. The van der Waals surface area contributed by atoms with Crippen molar-refractivity contribution in [1.82, 2.24) is 0 Å². The summed E-state index contributed by atoms with van der Waals surface area (Å²) < 4.78 is 0.443. The van der Waals surface area contributed by atoms with E-state index in [1.807, 2.05) is 0 Å². The predicted molar refractivity (Wildman–Crippen MR) is 58.8 cm³/mol. The number of carbonyl (C=O) groups is 1. The molecule has 0 atom stereocenters. The number of rotatable bonds is 1. The zero-order valence-corrected chi connectivity index (χ0v) is 11.9. The molecule has 0 fully saturated rings. The molecule has 0 saturated heterocycles. The van der Waals surface area contributed by atoms with Crippen molar-refractivity contribution in [1.29, 1.82) is 0 Å². The molecule has 1 N–H and O–H groups in total. The minimum atomic E-state index is -1.15. The molecular weight excluding hydrogens is 281 g/mol. The van der Waals surface area contributed by atoms with Crippen LogP contribution in [0.4, 0.5) is 0 Å². The summed E-state index contributed by atoms with van der Waals surface area (Å²) >= 11 is 23.4. The first kappa shape index (κ1) is 12.9. The third kappa shape index (κ3) is 2.17. The van der Waals surface area contributed by atoms with Crippen LogP contribution in [-0.4, -0.2) is 39.0 Å². The number of hydrogen-bond donors (Lipinski definition) is 1. The normalized spacial score (nSPS) is 10.4. The Morgan fingerprint density at radius 1 is 1.00 bits per heavy atom. The van der Waals surface area contributed by atoms with E-state index in [0.717, 1.165) is 0 Å². The van der Waals surface area contributed by atoms with Crippen LogP contribution in [-0.2, 0) is 0 Å². The summed E-state index contributed by atoms with van der Waals surface area (Å²) in [5.74, 6) is -1.15. The van der Waals surface area contributed by atoms with Gasteiger partial charge < -0.3 is 0 Å². The van der Waals surface area contributed by atoms with Gasteiger partial charge in [-0.15, -0.1) is 0 Å². The first-order valence-electron chi connectivity index (χ1n) is 3.43. The Labute approximate surface area is 117 Å². The second-order valence-corrected chi connectivity index (χ2v) is 5.07. The quantitative estimate of drug-likeness (QED) is 0.488. The third-order valence-electron chi connectivity index (χ3n) is 1.72. The standard InChI is InChI=1S/C7HCl4O2.Na/c8-3-1-2(7(12)13)4(9)6(11)5(3)10;/h(H,12,13);. The number of carboxylic acids is 1. The van der Waals surface area contributed by atoms with E-state index in [9.17, 15) is 4.79 Å². The van der Waals surface area contributed by atoms with Crippen LogP contribution >= 0.6 is 46.4 Å². The Morgan fingerprint density at radius 2 is 1.43 bits per heavy atom. The van der Waals surface area contributed by atoms with Crippen molar-refractivity contribution in [2.24, 2.45) is 0 Å². The van der Waals surface area contributed by atoms with Gasteiger partial charge in [-0.1, -0.05) is 0 Å². The van der Waals surface area contributed by atoms with Crippen molar-refractivity contribution in [3.63, 3.8) is 0 Å². The zero-order valence-electron chi connectivity index (χ0n) is 6.87. The van der Waals surface area contributed by atoms with Gasteiger partial charge in [0, 0.05) is 0 Å². The van der Waals surface area contributed by atoms with Gasteiger partial charge in [0.2, 0.25) is 0 Å². The maximum absolute atomic E-state index is 10.8. The van der Waals surface area contributed by atoms with E-state index in [0.29, 0.717) is 30.7 Å². The fraction of sp³-hybridized carbons (Fsp3) is 0. The molecule has 0 aliphatic rings. The summed E-state index contributed by atoms with van der Waals surface area (Å²) in [6.07, 6.45) is 0. The molecule has 0 aromatic heterocycles. The van der Waals surface area contributed by atoms with Crippen LogP contribution in [0.25, 0.3) is 0 Å². The van der Waals surface area contributed by atoms with Gasteiger partial charge in [-0.25, -0.2) is 0 Å². The summed E-state index contributed by atoms with van der Waals surface area (Å²) in [4.78, 5) is 10.8. The topological polar surface area (TPSA) is 37.3 Å².